The molecule has 3 nitrogen and oxygen atoms in total. The molecule has 1 aliphatic carbocycles. The van der Waals surface area contributed by atoms with Crippen molar-refractivity contribution in [1.82, 2.24) is 10.2 Å². The highest BCUT2D eigenvalue weighted by atomic mass is 16.2. The van der Waals surface area contributed by atoms with Gasteiger partial charge in [-0.15, -0.1) is 0 Å². The molecule has 0 radical (unpaired) electrons. The van der Waals surface area contributed by atoms with Crippen molar-refractivity contribution in [3.8, 4) is 0 Å². The zero-order valence-corrected chi connectivity index (χ0v) is 14.8. The van der Waals surface area contributed by atoms with E-state index in [-0.39, 0.29) is 5.41 Å². The van der Waals surface area contributed by atoms with Crippen molar-refractivity contribution in [2.24, 2.45) is 10.8 Å². The third-order valence-electron chi connectivity index (χ3n) is 5.30. The molecule has 1 heterocycles. The summed E-state index contributed by atoms with van der Waals surface area (Å²) in [6.45, 7) is 14.1. The first-order valence-electron chi connectivity index (χ1n) is 8.66. The van der Waals surface area contributed by atoms with Crippen LogP contribution in [-0.4, -0.2) is 35.5 Å². The van der Waals surface area contributed by atoms with Crippen molar-refractivity contribution >= 4 is 5.91 Å². The molecule has 1 saturated carbocycles. The van der Waals surface area contributed by atoms with Crippen LogP contribution in [0, 0.1) is 10.8 Å². The fourth-order valence-electron chi connectivity index (χ4n) is 3.80. The van der Waals surface area contributed by atoms with Gasteiger partial charge in [0.1, 0.15) is 0 Å². The standard InChI is InChI=1S/C18H34N2O/c1-13-11-15(12-19-13)20(16(21)17(2,3)4)14-7-9-18(5,6)10-8-14/h13-15,19H,7-12H2,1-6H3. The summed E-state index contributed by atoms with van der Waals surface area (Å²) in [5.41, 5.74) is 0.174. The number of nitrogens with one attached hydrogen (secondary N) is 1. The number of nitrogens with zero attached hydrogens (tertiary/aromatic N) is 1. The fourth-order valence-corrected chi connectivity index (χ4v) is 3.80. The normalized spacial score (nSPS) is 30.4. The number of hydrogen-bond acceptors (Lipinski definition) is 2. The Labute approximate surface area is 130 Å². The Kier molecular flexibility index (Phi) is 4.72. The van der Waals surface area contributed by atoms with Crippen molar-refractivity contribution in [2.75, 3.05) is 6.54 Å². The zero-order chi connectivity index (χ0) is 15.8. The monoisotopic (exact) mass is 294 g/mol. The Morgan fingerprint density at radius 1 is 1.14 bits per heavy atom. The zero-order valence-electron chi connectivity index (χ0n) is 14.8. The smallest absolute Gasteiger partial charge is 0.228 e. The molecule has 0 aromatic rings. The van der Waals surface area contributed by atoms with Gasteiger partial charge in [-0.05, 0) is 44.4 Å². The highest BCUT2D eigenvalue weighted by Crippen LogP contribution is 2.39. The highest BCUT2D eigenvalue weighted by Gasteiger charge is 2.41. The molecule has 1 N–H and O–H groups in total. The van der Waals surface area contributed by atoms with Gasteiger partial charge in [0.05, 0.1) is 0 Å². The predicted molar refractivity (Wildman–Crippen MR) is 88.2 cm³/mol. The number of rotatable bonds is 2. The Morgan fingerprint density at radius 2 is 1.71 bits per heavy atom. The second-order valence-electron chi connectivity index (χ2n) is 9.06. The molecule has 1 amide bonds. The van der Waals surface area contributed by atoms with Crippen molar-refractivity contribution in [3.05, 3.63) is 0 Å². The van der Waals surface area contributed by atoms with Crippen LogP contribution in [0.1, 0.15) is 73.6 Å². The molecular formula is C18H34N2O. The third kappa shape index (κ3) is 4.00. The summed E-state index contributed by atoms with van der Waals surface area (Å²) < 4.78 is 0. The largest absolute Gasteiger partial charge is 0.335 e. The predicted octanol–water partition coefficient (Wildman–Crippen LogP) is 3.58. The van der Waals surface area contributed by atoms with Crippen LogP contribution in [0.3, 0.4) is 0 Å². The van der Waals surface area contributed by atoms with Crippen molar-refractivity contribution in [2.45, 2.75) is 91.8 Å². The van der Waals surface area contributed by atoms with Crippen LogP contribution < -0.4 is 5.32 Å². The maximum absolute atomic E-state index is 13.0. The van der Waals surface area contributed by atoms with Crippen LogP contribution in [0.5, 0.6) is 0 Å². The number of carbonyl (C=O) groups is 1. The lowest BCUT2D eigenvalue weighted by Crippen LogP contribution is -2.53. The van der Waals surface area contributed by atoms with Gasteiger partial charge >= 0.3 is 0 Å². The van der Waals surface area contributed by atoms with Gasteiger partial charge in [0.25, 0.3) is 0 Å². The molecule has 1 aliphatic heterocycles. The second kappa shape index (κ2) is 5.91. The Balaban J connectivity index is 2.15. The molecule has 0 aromatic carbocycles. The van der Waals surface area contributed by atoms with Gasteiger partial charge in [-0.1, -0.05) is 34.6 Å². The number of amides is 1. The summed E-state index contributed by atoms with van der Waals surface area (Å²) in [6, 6.07) is 1.37. The van der Waals surface area contributed by atoms with E-state index in [1.54, 1.807) is 0 Å². The van der Waals surface area contributed by atoms with Gasteiger partial charge in [0.15, 0.2) is 0 Å². The van der Waals surface area contributed by atoms with E-state index in [0.717, 1.165) is 13.0 Å². The van der Waals surface area contributed by atoms with E-state index in [2.05, 4.69) is 51.8 Å². The van der Waals surface area contributed by atoms with Gasteiger partial charge < -0.3 is 10.2 Å². The third-order valence-corrected chi connectivity index (χ3v) is 5.30. The van der Waals surface area contributed by atoms with Gasteiger partial charge in [-0.25, -0.2) is 0 Å². The lowest BCUT2D eigenvalue weighted by Gasteiger charge is -2.45. The highest BCUT2D eigenvalue weighted by molar-refractivity contribution is 5.82. The van der Waals surface area contributed by atoms with Gasteiger partial charge in [-0.3, -0.25) is 4.79 Å². The molecule has 122 valence electrons. The van der Waals surface area contributed by atoms with Crippen molar-refractivity contribution < 1.29 is 4.79 Å². The SMILES string of the molecule is CC1CC(N(C(=O)C(C)(C)C)C2CCC(C)(C)CC2)CN1. The van der Waals surface area contributed by atoms with Crippen molar-refractivity contribution in [1.29, 1.82) is 0 Å². The van der Waals surface area contributed by atoms with Crippen LogP contribution >= 0.6 is 0 Å². The quantitative estimate of drug-likeness (QED) is 0.844. The molecule has 2 fully saturated rings. The van der Waals surface area contributed by atoms with E-state index < -0.39 is 0 Å². The molecule has 2 atom stereocenters. The van der Waals surface area contributed by atoms with Crippen LogP contribution in [0.2, 0.25) is 0 Å². The maximum Gasteiger partial charge on any atom is 0.228 e. The van der Waals surface area contributed by atoms with Gasteiger partial charge in [0.2, 0.25) is 5.91 Å². The Bertz CT molecular complexity index is 373. The lowest BCUT2D eigenvalue weighted by atomic mass is 9.74. The molecule has 0 aromatic heterocycles. The van der Waals surface area contributed by atoms with Crippen molar-refractivity contribution in [3.63, 3.8) is 0 Å². The molecule has 2 aliphatic rings. The Morgan fingerprint density at radius 3 is 2.14 bits per heavy atom. The minimum Gasteiger partial charge on any atom is -0.335 e. The van der Waals surface area contributed by atoms with Crippen LogP contribution in [0.15, 0.2) is 0 Å². The van der Waals surface area contributed by atoms with E-state index in [4.69, 9.17) is 0 Å². The molecule has 1 saturated heterocycles. The summed E-state index contributed by atoms with van der Waals surface area (Å²) in [7, 11) is 0. The summed E-state index contributed by atoms with van der Waals surface area (Å²) in [5.74, 6) is 0.341. The van der Waals surface area contributed by atoms with Crippen LogP contribution in [-0.2, 0) is 4.79 Å². The molecule has 0 spiro atoms. The summed E-state index contributed by atoms with van der Waals surface area (Å²) in [5, 5.41) is 3.52. The first kappa shape index (κ1) is 16.8. The minimum absolute atomic E-state index is 0.279. The van der Waals surface area contributed by atoms with Gasteiger partial charge in [0, 0.05) is 30.1 Å². The molecule has 2 rings (SSSR count). The number of hydrogen-bond donors (Lipinski definition) is 1. The number of carbonyl (C=O) groups excluding carboxylic acids is 1. The minimum atomic E-state index is -0.279. The summed E-state index contributed by atoms with van der Waals surface area (Å²) in [4.78, 5) is 15.3. The maximum atomic E-state index is 13.0. The summed E-state index contributed by atoms with van der Waals surface area (Å²) >= 11 is 0. The average molecular weight is 294 g/mol. The van der Waals surface area contributed by atoms with Gasteiger partial charge in [-0.2, -0.15) is 0 Å². The second-order valence-corrected chi connectivity index (χ2v) is 9.06. The average Bonchev–Trinajstić information content (AvgIpc) is 2.77. The van der Waals surface area contributed by atoms with E-state index in [0.29, 0.717) is 29.4 Å². The van der Waals surface area contributed by atoms with E-state index in [1.807, 2.05) is 0 Å². The van der Waals surface area contributed by atoms with E-state index in [1.165, 1.54) is 25.7 Å². The lowest BCUT2D eigenvalue weighted by molar-refractivity contribution is -0.145. The molecule has 21 heavy (non-hydrogen) atoms. The van der Waals surface area contributed by atoms with E-state index >= 15 is 0 Å². The van der Waals surface area contributed by atoms with E-state index in [9.17, 15) is 4.79 Å². The fraction of sp³-hybridized carbons (Fsp3) is 0.944. The molecular weight excluding hydrogens is 260 g/mol. The topological polar surface area (TPSA) is 32.3 Å². The van der Waals surface area contributed by atoms with Crippen LogP contribution in [0.4, 0.5) is 0 Å². The first-order chi connectivity index (χ1) is 9.60. The first-order valence-corrected chi connectivity index (χ1v) is 8.66. The molecule has 0 bridgehead atoms. The summed E-state index contributed by atoms with van der Waals surface area (Å²) in [6.07, 6.45) is 5.91. The molecule has 2 unspecified atom stereocenters. The Hall–Kier alpha value is -0.570. The van der Waals surface area contributed by atoms with Crippen LogP contribution in [0.25, 0.3) is 0 Å². The molecule has 3 heteroatoms.